The molecular formula is C26H32N2O7. The van der Waals surface area contributed by atoms with Crippen LogP contribution in [0.25, 0.3) is 0 Å². The predicted octanol–water partition coefficient (Wildman–Crippen LogP) is 2.58. The average Bonchev–Trinajstić information content (AvgIpc) is 2.98. The van der Waals surface area contributed by atoms with Gasteiger partial charge in [0.2, 0.25) is 0 Å². The van der Waals surface area contributed by atoms with Crippen molar-refractivity contribution in [3.8, 4) is 0 Å². The zero-order valence-electron chi connectivity index (χ0n) is 20.1. The normalized spacial score (nSPS) is 17.4. The molecule has 0 aliphatic carbocycles. The number of carbonyl (C=O) groups excluding carboxylic acids is 1. The highest BCUT2D eigenvalue weighted by atomic mass is 16.6. The van der Waals surface area contributed by atoms with Crippen LogP contribution in [0.15, 0.2) is 48.5 Å². The Hall–Kier alpha value is -3.43. The minimum absolute atomic E-state index is 0.286. The number of rotatable bonds is 6. The van der Waals surface area contributed by atoms with Gasteiger partial charge in [-0.25, -0.2) is 14.4 Å². The van der Waals surface area contributed by atoms with Crippen molar-refractivity contribution >= 4 is 23.6 Å². The molecule has 1 fully saturated rings. The Morgan fingerprint density at radius 1 is 1.00 bits per heavy atom. The van der Waals surface area contributed by atoms with Crippen molar-refractivity contribution in [2.75, 3.05) is 44.3 Å². The lowest BCUT2D eigenvalue weighted by molar-refractivity contribution is -0.159. The second-order valence-corrected chi connectivity index (χ2v) is 8.39. The molecule has 2 aliphatic rings. The monoisotopic (exact) mass is 484 g/mol. The van der Waals surface area contributed by atoms with Gasteiger partial charge in [-0.1, -0.05) is 42.5 Å². The Labute approximate surface area is 204 Å². The standard InChI is InChI=1S/C24H30N2O3.C2H2O4/c1-3-28-24(27)18(2)29-15-14-25-12-13-26-22-11-7-5-9-20(22)16-19-8-4-6-10-21(19)23(26)17-25;3-1(4)2(5)6/h4-11,18,23H,3,12-17H2,1-2H3;(H,3,4)(H,5,6). The molecule has 9 nitrogen and oxygen atoms in total. The first-order chi connectivity index (χ1) is 16.8. The number of esters is 1. The lowest BCUT2D eigenvalue weighted by atomic mass is 9.96. The zero-order chi connectivity index (χ0) is 25.4. The van der Waals surface area contributed by atoms with E-state index in [1.165, 1.54) is 22.4 Å². The number of carbonyl (C=O) groups is 3. The van der Waals surface area contributed by atoms with E-state index in [1.54, 1.807) is 6.92 Å². The molecule has 2 heterocycles. The summed E-state index contributed by atoms with van der Waals surface area (Å²) in [5, 5.41) is 14.8. The summed E-state index contributed by atoms with van der Waals surface area (Å²) in [6.07, 6.45) is 0.473. The third kappa shape index (κ3) is 6.80. The van der Waals surface area contributed by atoms with E-state index in [0.29, 0.717) is 19.3 Å². The van der Waals surface area contributed by atoms with Crippen LogP contribution in [0.1, 0.15) is 36.6 Å². The first-order valence-corrected chi connectivity index (χ1v) is 11.7. The second-order valence-electron chi connectivity index (χ2n) is 8.39. The lowest BCUT2D eigenvalue weighted by Gasteiger charge is -2.43. The summed E-state index contributed by atoms with van der Waals surface area (Å²) in [6.45, 7) is 8.25. The molecule has 2 unspecified atom stereocenters. The predicted molar refractivity (Wildman–Crippen MR) is 130 cm³/mol. The van der Waals surface area contributed by atoms with Gasteiger partial charge in [-0.05, 0) is 43.0 Å². The maximum absolute atomic E-state index is 11.7. The number of anilines is 1. The fourth-order valence-corrected chi connectivity index (χ4v) is 4.45. The number of ether oxygens (including phenoxy) is 2. The van der Waals surface area contributed by atoms with Gasteiger partial charge in [0, 0.05) is 31.9 Å². The van der Waals surface area contributed by atoms with Crippen LogP contribution in [0.4, 0.5) is 5.69 Å². The first kappa shape index (κ1) is 26.2. The van der Waals surface area contributed by atoms with Crippen LogP contribution in [0.2, 0.25) is 0 Å². The Balaban J connectivity index is 0.000000509. The van der Waals surface area contributed by atoms with Crippen LogP contribution < -0.4 is 4.90 Å². The van der Waals surface area contributed by atoms with Gasteiger partial charge in [0.15, 0.2) is 6.10 Å². The summed E-state index contributed by atoms with van der Waals surface area (Å²) >= 11 is 0. The molecule has 188 valence electrons. The fourth-order valence-electron chi connectivity index (χ4n) is 4.45. The van der Waals surface area contributed by atoms with Crippen molar-refractivity contribution in [3.63, 3.8) is 0 Å². The number of piperazine rings is 1. The molecule has 0 aromatic heterocycles. The maximum Gasteiger partial charge on any atom is 0.414 e. The molecule has 35 heavy (non-hydrogen) atoms. The van der Waals surface area contributed by atoms with E-state index in [0.717, 1.165) is 32.6 Å². The van der Waals surface area contributed by atoms with Crippen LogP contribution >= 0.6 is 0 Å². The van der Waals surface area contributed by atoms with Crippen LogP contribution in [-0.2, 0) is 30.3 Å². The smallest absolute Gasteiger partial charge is 0.414 e. The van der Waals surface area contributed by atoms with E-state index in [4.69, 9.17) is 29.3 Å². The fraction of sp³-hybridized carbons (Fsp3) is 0.423. The Morgan fingerprint density at radius 3 is 2.34 bits per heavy atom. The first-order valence-electron chi connectivity index (χ1n) is 11.7. The molecule has 0 amide bonds. The highest BCUT2D eigenvalue weighted by molar-refractivity contribution is 6.27. The zero-order valence-corrected chi connectivity index (χ0v) is 20.1. The number of nitrogens with zero attached hydrogens (tertiary/aromatic N) is 2. The van der Waals surface area contributed by atoms with Crippen LogP contribution in [-0.4, -0.2) is 78.5 Å². The van der Waals surface area contributed by atoms with Crippen LogP contribution in [0.5, 0.6) is 0 Å². The number of aliphatic carboxylic acids is 2. The van der Waals surface area contributed by atoms with E-state index >= 15 is 0 Å². The van der Waals surface area contributed by atoms with Crippen LogP contribution in [0.3, 0.4) is 0 Å². The van der Waals surface area contributed by atoms with Crippen molar-refractivity contribution < 1.29 is 34.1 Å². The van der Waals surface area contributed by atoms with Crippen molar-refractivity contribution in [2.24, 2.45) is 0 Å². The van der Waals surface area contributed by atoms with Crippen molar-refractivity contribution in [2.45, 2.75) is 32.4 Å². The van der Waals surface area contributed by atoms with Crippen LogP contribution in [0, 0.1) is 0 Å². The molecule has 0 spiro atoms. The van der Waals surface area contributed by atoms with Gasteiger partial charge in [-0.3, -0.25) is 4.90 Å². The second kappa shape index (κ2) is 12.3. The van der Waals surface area contributed by atoms with Crippen molar-refractivity contribution in [1.29, 1.82) is 0 Å². The third-order valence-electron chi connectivity index (χ3n) is 6.14. The molecule has 2 atom stereocenters. The van der Waals surface area contributed by atoms with Crippen molar-refractivity contribution in [3.05, 3.63) is 65.2 Å². The van der Waals surface area contributed by atoms with Gasteiger partial charge >= 0.3 is 17.9 Å². The minimum atomic E-state index is -1.82. The average molecular weight is 485 g/mol. The number of benzene rings is 2. The number of carboxylic acid groups (broad SMARTS) is 2. The molecule has 0 saturated carbocycles. The van der Waals surface area contributed by atoms with E-state index in [2.05, 4.69) is 58.3 Å². The summed E-state index contributed by atoms with van der Waals surface area (Å²) < 4.78 is 10.7. The Kier molecular flexibility index (Phi) is 9.22. The molecule has 2 aromatic carbocycles. The van der Waals surface area contributed by atoms with E-state index in [1.807, 2.05) is 6.92 Å². The molecule has 2 aromatic rings. The summed E-state index contributed by atoms with van der Waals surface area (Å²) in [6, 6.07) is 18.0. The van der Waals surface area contributed by atoms with Gasteiger partial charge < -0.3 is 24.6 Å². The maximum atomic E-state index is 11.7. The molecule has 0 bridgehead atoms. The minimum Gasteiger partial charge on any atom is -0.473 e. The number of para-hydroxylation sites is 1. The van der Waals surface area contributed by atoms with Gasteiger partial charge in [0.25, 0.3) is 0 Å². The molecular weight excluding hydrogens is 452 g/mol. The summed E-state index contributed by atoms with van der Waals surface area (Å²) in [5.41, 5.74) is 5.61. The molecule has 1 saturated heterocycles. The summed E-state index contributed by atoms with van der Waals surface area (Å²) in [7, 11) is 0. The molecule has 2 N–H and O–H groups in total. The van der Waals surface area contributed by atoms with Gasteiger partial charge in [0.1, 0.15) is 0 Å². The largest absolute Gasteiger partial charge is 0.473 e. The van der Waals surface area contributed by atoms with E-state index < -0.39 is 18.0 Å². The lowest BCUT2D eigenvalue weighted by Crippen LogP contribution is -2.49. The summed E-state index contributed by atoms with van der Waals surface area (Å²) in [4.78, 5) is 35.0. The SMILES string of the molecule is CCOC(=O)C(C)OCCN1CCN2c3ccccc3Cc3ccccc3C2C1.O=C(O)C(=O)O. The topological polar surface area (TPSA) is 117 Å². The number of carboxylic acids is 2. The summed E-state index contributed by atoms with van der Waals surface area (Å²) in [5.74, 6) is -3.93. The number of hydrogen-bond donors (Lipinski definition) is 2. The highest BCUT2D eigenvalue weighted by Crippen LogP contribution is 2.38. The van der Waals surface area contributed by atoms with Crippen molar-refractivity contribution in [1.82, 2.24) is 4.90 Å². The molecule has 9 heteroatoms. The van der Waals surface area contributed by atoms with E-state index in [9.17, 15) is 4.79 Å². The quantitative estimate of drug-likeness (QED) is 0.471. The van der Waals surface area contributed by atoms with Gasteiger partial charge in [-0.2, -0.15) is 0 Å². The molecule has 4 rings (SSSR count). The van der Waals surface area contributed by atoms with Gasteiger partial charge in [-0.15, -0.1) is 0 Å². The highest BCUT2D eigenvalue weighted by Gasteiger charge is 2.33. The number of fused-ring (bicyclic) bond motifs is 5. The third-order valence-corrected chi connectivity index (χ3v) is 6.14. The molecule has 2 aliphatic heterocycles. The Morgan fingerprint density at radius 2 is 1.66 bits per heavy atom. The number of hydrogen-bond acceptors (Lipinski definition) is 7. The van der Waals surface area contributed by atoms with E-state index in [-0.39, 0.29) is 5.97 Å². The van der Waals surface area contributed by atoms with Gasteiger partial charge in [0.05, 0.1) is 19.3 Å². The molecule has 0 radical (unpaired) electrons. The Bertz CT molecular complexity index is 1030.